The molecule has 0 amide bonds. The smallest absolute Gasteiger partial charge is 0.243 e. The summed E-state index contributed by atoms with van der Waals surface area (Å²) in [5.41, 5.74) is -0.966. The summed E-state index contributed by atoms with van der Waals surface area (Å²) in [5, 5.41) is 10.4. The van der Waals surface area contributed by atoms with Gasteiger partial charge in [-0.2, -0.15) is 0 Å². The lowest BCUT2D eigenvalue weighted by atomic mass is 9.80. The third-order valence-corrected chi connectivity index (χ3v) is 6.87. The molecule has 20 heavy (non-hydrogen) atoms. The maximum absolute atomic E-state index is 12.2. The second kappa shape index (κ2) is 6.10. The first-order valence-corrected chi connectivity index (χ1v) is 9.44. The molecule has 2 rings (SSSR count). The van der Waals surface area contributed by atoms with Crippen molar-refractivity contribution in [3.8, 4) is 0 Å². The van der Waals surface area contributed by atoms with Crippen LogP contribution in [0.15, 0.2) is 11.0 Å². The molecule has 1 aromatic heterocycles. The summed E-state index contributed by atoms with van der Waals surface area (Å²) >= 11 is 12.6. The van der Waals surface area contributed by atoms with Crippen molar-refractivity contribution in [1.29, 1.82) is 0 Å². The van der Waals surface area contributed by atoms with E-state index in [1.807, 2.05) is 0 Å². The molecule has 1 aromatic rings. The quantitative estimate of drug-likeness (QED) is 0.868. The molecule has 8 heteroatoms. The fourth-order valence-electron chi connectivity index (χ4n) is 2.29. The molecule has 0 aliphatic heterocycles. The van der Waals surface area contributed by atoms with Crippen molar-refractivity contribution in [3.63, 3.8) is 0 Å². The van der Waals surface area contributed by atoms with E-state index in [0.717, 1.165) is 24.2 Å². The van der Waals surface area contributed by atoms with Gasteiger partial charge in [0.05, 0.1) is 9.94 Å². The van der Waals surface area contributed by atoms with Gasteiger partial charge >= 0.3 is 0 Å². The van der Waals surface area contributed by atoms with Crippen LogP contribution in [-0.4, -0.2) is 25.7 Å². The monoisotopic (exact) mass is 357 g/mol. The molecule has 1 fully saturated rings. The van der Waals surface area contributed by atoms with Gasteiger partial charge in [-0.05, 0) is 37.7 Å². The maximum atomic E-state index is 12.2. The number of hydrogen-bond acceptors (Lipinski definition) is 4. The minimum absolute atomic E-state index is 0.00580. The Hall–Kier alpha value is 0.150. The number of sulfonamides is 1. The Morgan fingerprint density at radius 1 is 1.45 bits per heavy atom. The molecule has 0 unspecified atom stereocenters. The Morgan fingerprint density at radius 3 is 2.55 bits per heavy atom. The molecule has 0 spiro atoms. The van der Waals surface area contributed by atoms with Crippen molar-refractivity contribution < 1.29 is 13.5 Å². The van der Waals surface area contributed by atoms with Crippen LogP contribution in [0.25, 0.3) is 0 Å². The summed E-state index contributed by atoms with van der Waals surface area (Å²) in [6.45, 7) is 2.14. The molecular weight excluding hydrogens is 341 g/mol. The fraction of sp³-hybridized carbons (Fsp3) is 0.667. The Kier molecular flexibility index (Phi) is 5.04. The standard InChI is InChI=1S/C12H17Cl2NO3S2/c1-8-2-4-12(16,5-3-8)7-15-20(17,18)9-6-10(13)19-11(9)14/h6,8,15-16H,2-5,7H2,1H3. The minimum Gasteiger partial charge on any atom is -0.389 e. The second-order valence-corrected chi connectivity index (χ2v) is 9.44. The average molecular weight is 358 g/mol. The van der Waals surface area contributed by atoms with Crippen LogP contribution in [0, 0.1) is 5.92 Å². The van der Waals surface area contributed by atoms with Crippen LogP contribution >= 0.6 is 34.5 Å². The van der Waals surface area contributed by atoms with Gasteiger partial charge in [-0.15, -0.1) is 11.3 Å². The summed E-state index contributed by atoms with van der Waals surface area (Å²) in [4.78, 5) is -0.0260. The first-order valence-electron chi connectivity index (χ1n) is 6.39. The highest BCUT2D eigenvalue weighted by Gasteiger charge is 2.33. The largest absolute Gasteiger partial charge is 0.389 e. The summed E-state index contributed by atoms with van der Waals surface area (Å²) in [7, 11) is -3.74. The molecule has 1 aliphatic rings. The molecule has 0 bridgehead atoms. The normalized spacial score (nSPS) is 27.7. The molecule has 1 saturated carbocycles. The van der Waals surface area contributed by atoms with Gasteiger partial charge in [-0.25, -0.2) is 13.1 Å². The van der Waals surface area contributed by atoms with Crippen molar-refractivity contribution in [1.82, 2.24) is 4.72 Å². The maximum Gasteiger partial charge on any atom is 0.243 e. The van der Waals surface area contributed by atoms with Crippen LogP contribution in [0.4, 0.5) is 0 Å². The fourth-order valence-corrected chi connectivity index (χ4v) is 5.56. The van der Waals surface area contributed by atoms with Crippen molar-refractivity contribution in [2.45, 2.75) is 43.1 Å². The average Bonchev–Trinajstić information content (AvgIpc) is 2.71. The summed E-state index contributed by atoms with van der Waals surface area (Å²) in [5.74, 6) is 0.581. The third kappa shape index (κ3) is 3.87. The van der Waals surface area contributed by atoms with E-state index in [4.69, 9.17) is 23.2 Å². The number of hydrogen-bond donors (Lipinski definition) is 2. The van der Waals surface area contributed by atoms with Crippen LogP contribution < -0.4 is 4.72 Å². The molecule has 0 radical (unpaired) electrons. The van der Waals surface area contributed by atoms with Gasteiger partial charge in [-0.1, -0.05) is 30.1 Å². The molecule has 114 valence electrons. The number of rotatable bonds is 4. The van der Waals surface area contributed by atoms with E-state index in [0.29, 0.717) is 23.1 Å². The van der Waals surface area contributed by atoms with Gasteiger partial charge < -0.3 is 5.11 Å². The van der Waals surface area contributed by atoms with Crippen molar-refractivity contribution in [2.75, 3.05) is 6.54 Å². The van der Waals surface area contributed by atoms with E-state index in [1.54, 1.807) is 0 Å². The van der Waals surface area contributed by atoms with Gasteiger partial charge in [-0.3, -0.25) is 0 Å². The lowest BCUT2D eigenvalue weighted by Gasteiger charge is -2.34. The number of thiophene rings is 1. The Morgan fingerprint density at radius 2 is 2.05 bits per heavy atom. The highest BCUT2D eigenvalue weighted by molar-refractivity contribution is 7.89. The lowest BCUT2D eigenvalue weighted by Crippen LogP contribution is -2.45. The van der Waals surface area contributed by atoms with Crippen molar-refractivity contribution >= 4 is 44.6 Å². The number of halogens is 2. The van der Waals surface area contributed by atoms with E-state index < -0.39 is 15.6 Å². The van der Waals surface area contributed by atoms with E-state index in [-0.39, 0.29) is 15.8 Å². The van der Waals surface area contributed by atoms with Gasteiger partial charge in [0.15, 0.2) is 0 Å². The molecule has 2 N–H and O–H groups in total. The highest BCUT2D eigenvalue weighted by Crippen LogP contribution is 2.35. The van der Waals surface area contributed by atoms with Crippen molar-refractivity contribution in [3.05, 3.63) is 14.7 Å². The van der Waals surface area contributed by atoms with Crippen LogP contribution in [-0.2, 0) is 10.0 Å². The summed E-state index contributed by atoms with van der Waals surface area (Å²) in [6.07, 6.45) is 3.02. The van der Waals surface area contributed by atoms with Crippen LogP contribution in [0.3, 0.4) is 0 Å². The molecule has 1 aliphatic carbocycles. The first kappa shape index (κ1) is 16.5. The Labute approximate surface area is 133 Å². The lowest BCUT2D eigenvalue weighted by molar-refractivity contribution is -0.00182. The zero-order valence-electron chi connectivity index (χ0n) is 11.0. The van der Waals surface area contributed by atoms with E-state index in [9.17, 15) is 13.5 Å². The minimum atomic E-state index is -3.74. The molecule has 1 heterocycles. The van der Waals surface area contributed by atoms with Crippen LogP contribution in [0.5, 0.6) is 0 Å². The highest BCUT2D eigenvalue weighted by atomic mass is 35.5. The molecule has 0 saturated heterocycles. The zero-order chi connectivity index (χ0) is 15.0. The molecular formula is C12H17Cl2NO3S2. The first-order chi connectivity index (χ1) is 9.22. The topological polar surface area (TPSA) is 66.4 Å². The van der Waals surface area contributed by atoms with Gasteiger partial charge in [0, 0.05) is 6.54 Å². The number of aliphatic hydroxyl groups is 1. The van der Waals surface area contributed by atoms with Crippen molar-refractivity contribution in [2.24, 2.45) is 5.92 Å². The molecule has 4 nitrogen and oxygen atoms in total. The molecule has 0 atom stereocenters. The van der Waals surface area contributed by atoms with Gasteiger partial charge in [0.2, 0.25) is 10.0 Å². The Bertz CT molecular complexity index is 578. The SMILES string of the molecule is CC1CCC(O)(CNS(=O)(=O)c2cc(Cl)sc2Cl)CC1. The summed E-state index contributed by atoms with van der Waals surface area (Å²) < 4.78 is 27.2. The van der Waals surface area contributed by atoms with Gasteiger partial charge in [0.1, 0.15) is 9.23 Å². The van der Waals surface area contributed by atoms with E-state index >= 15 is 0 Å². The number of nitrogens with one attached hydrogen (secondary N) is 1. The molecule has 0 aromatic carbocycles. The van der Waals surface area contributed by atoms with Crippen LogP contribution in [0.2, 0.25) is 8.67 Å². The predicted molar refractivity (Wildman–Crippen MR) is 82.1 cm³/mol. The summed E-state index contributed by atoms with van der Waals surface area (Å²) in [6, 6.07) is 1.32. The third-order valence-electron chi connectivity index (χ3n) is 3.71. The van der Waals surface area contributed by atoms with Crippen LogP contribution in [0.1, 0.15) is 32.6 Å². The second-order valence-electron chi connectivity index (χ2n) is 5.42. The Balaban J connectivity index is 2.04. The zero-order valence-corrected chi connectivity index (χ0v) is 14.2. The van der Waals surface area contributed by atoms with E-state index in [2.05, 4.69) is 11.6 Å². The van der Waals surface area contributed by atoms with Gasteiger partial charge in [0.25, 0.3) is 0 Å². The van der Waals surface area contributed by atoms with E-state index in [1.165, 1.54) is 6.07 Å². The predicted octanol–water partition coefficient (Wildman–Crippen LogP) is 3.27.